The number of aromatic amines is 2. The number of hydrogen-bond acceptors (Lipinski definition) is 10. The summed E-state index contributed by atoms with van der Waals surface area (Å²) in [6.45, 7) is 4.17. The third kappa shape index (κ3) is 5.85. The zero-order valence-corrected chi connectivity index (χ0v) is 34.0. The van der Waals surface area contributed by atoms with Crippen molar-refractivity contribution in [2.75, 3.05) is 66.6 Å². The van der Waals surface area contributed by atoms with Crippen LogP contribution in [0.15, 0.2) is 97.1 Å². The minimum Gasteiger partial charge on any atom is -0.497 e. The number of hydrogen-bond donors (Lipinski definition) is 2. The Morgan fingerprint density at radius 1 is 0.500 bits per heavy atom. The average Bonchev–Trinajstić information content (AvgIpc) is 4.02. The molecule has 0 bridgehead atoms. The van der Waals surface area contributed by atoms with E-state index in [0.717, 1.165) is 32.9 Å². The molecular weight excluding hydrogens is 785 g/mol. The summed E-state index contributed by atoms with van der Waals surface area (Å²) in [5.41, 5.74) is 6.81. The van der Waals surface area contributed by atoms with Gasteiger partial charge < -0.3 is 19.4 Å². The minimum atomic E-state index is -0.407. The minimum absolute atomic E-state index is 0.152. The maximum atomic E-state index is 14.2. The van der Waals surface area contributed by atoms with Gasteiger partial charge in [0, 0.05) is 96.1 Å². The zero-order chi connectivity index (χ0) is 42.2. The molecule has 14 heteroatoms. The number of H-pyrrole nitrogens is 2. The van der Waals surface area contributed by atoms with Gasteiger partial charge in [0.2, 0.25) is 0 Å². The molecule has 3 aliphatic heterocycles. The number of pyridine rings is 2. The molecule has 0 spiro atoms. The number of piperazine rings is 1. The Hall–Kier alpha value is -7.42. The first-order valence-electron chi connectivity index (χ1n) is 20.7. The van der Waals surface area contributed by atoms with Crippen LogP contribution >= 0.6 is 0 Å². The molecule has 11 rings (SSSR count). The molecule has 1 fully saturated rings. The van der Waals surface area contributed by atoms with Gasteiger partial charge in [-0.3, -0.25) is 38.8 Å². The number of amides is 4. The van der Waals surface area contributed by atoms with E-state index in [1.54, 1.807) is 14.2 Å². The van der Waals surface area contributed by atoms with Crippen LogP contribution in [-0.2, 0) is 0 Å². The van der Waals surface area contributed by atoms with Crippen molar-refractivity contribution in [2.45, 2.75) is 0 Å². The number of imide groups is 2. The number of carbonyl (C=O) groups is 4. The number of rotatable bonds is 10. The molecule has 8 aromatic rings. The first-order chi connectivity index (χ1) is 30.3. The second-order valence-corrected chi connectivity index (χ2v) is 15.9. The Balaban J connectivity index is 0.788. The quantitative estimate of drug-likeness (QED) is 0.144. The van der Waals surface area contributed by atoms with E-state index in [2.05, 4.69) is 19.8 Å². The number of nitrogens with zero attached hydrogens (tertiary/aromatic N) is 6. The molecule has 308 valence electrons. The molecule has 0 saturated carbocycles. The third-order valence-corrected chi connectivity index (χ3v) is 12.6. The highest BCUT2D eigenvalue weighted by atomic mass is 16.5. The molecule has 0 unspecified atom stereocenters. The molecule has 0 aliphatic carbocycles. The van der Waals surface area contributed by atoms with Crippen molar-refractivity contribution in [1.82, 2.24) is 39.5 Å². The van der Waals surface area contributed by atoms with E-state index >= 15 is 0 Å². The lowest BCUT2D eigenvalue weighted by Crippen LogP contribution is -2.50. The van der Waals surface area contributed by atoms with Crippen LogP contribution in [0.1, 0.15) is 41.7 Å². The topological polar surface area (TPSA) is 157 Å². The second-order valence-electron chi connectivity index (χ2n) is 15.9. The van der Waals surface area contributed by atoms with Crippen LogP contribution < -0.4 is 9.47 Å². The van der Waals surface area contributed by atoms with Crippen LogP contribution in [0.3, 0.4) is 0 Å². The molecular formula is C48H40N8O6. The lowest BCUT2D eigenvalue weighted by Gasteiger charge is -2.35. The Morgan fingerprint density at radius 3 is 1.29 bits per heavy atom. The largest absolute Gasteiger partial charge is 0.497 e. The first kappa shape index (κ1) is 37.6. The second kappa shape index (κ2) is 14.6. The normalized spacial score (nSPS) is 15.8. The van der Waals surface area contributed by atoms with E-state index in [1.807, 2.05) is 97.1 Å². The van der Waals surface area contributed by atoms with Crippen LogP contribution in [0, 0.1) is 0 Å². The number of carbonyl (C=O) groups excluding carboxylic acids is 4. The molecule has 7 heterocycles. The van der Waals surface area contributed by atoms with Gasteiger partial charge in [0.1, 0.15) is 22.9 Å². The van der Waals surface area contributed by atoms with Gasteiger partial charge in [0.05, 0.1) is 47.8 Å². The summed E-state index contributed by atoms with van der Waals surface area (Å²) < 4.78 is 11.1. The Bertz CT molecular complexity index is 2960. The van der Waals surface area contributed by atoms with Gasteiger partial charge in [0.25, 0.3) is 23.6 Å². The molecule has 2 N–H and O–H groups in total. The molecule has 62 heavy (non-hydrogen) atoms. The molecule has 4 aromatic carbocycles. The maximum Gasteiger partial charge on any atom is 0.280 e. The molecule has 14 nitrogen and oxygen atoms in total. The van der Waals surface area contributed by atoms with E-state index in [-0.39, 0.29) is 36.3 Å². The zero-order valence-electron chi connectivity index (χ0n) is 34.0. The van der Waals surface area contributed by atoms with E-state index in [1.165, 1.54) is 9.80 Å². The fourth-order valence-corrected chi connectivity index (χ4v) is 9.33. The van der Waals surface area contributed by atoms with Gasteiger partial charge in [-0.1, -0.05) is 60.7 Å². The van der Waals surface area contributed by atoms with Gasteiger partial charge in [-0.25, -0.2) is 9.97 Å². The standard InChI is InChI=1S/C48H40N8O6/c1-61-29-13-15-33-31(25-29)35-37-43(51-39(41(35)49-33)27-9-5-3-6-10-27)47(59)55(45(37)57)23-21-53-17-19-54(20-18-53)22-24-56-46(58)38-36-32-26-30(62-2)14-16-34(32)50-42(36)40(52-44(38)48(56)60)28-11-7-4-8-12-28/h3-16,25-26,49-50H,17-24H2,1-2H3. The summed E-state index contributed by atoms with van der Waals surface area (Å²) in [4.78, 5) is 80.2. The van der Waals surface area contributed by atoms with Crippen molar-refractivity contribution < 1.29 is 28.7 Å². The lowest BCUT2D eigenvalue weighted by atomic mass is 10.0. The fraction of sp³-hybridized carbons (Fsp3) is 0.208. The van der Waals surface area contributed by atoms with Crippen LogP contribution in [0.4, 0.5) is 0 Å². The number of nitrogens with one attached hydrogen (secondary N) is 2. The number of fused-ring (bicyclic) bond motifs is 10. The Morgan fingerprint density at radius 2 is 0.903 bits per heavy atom. The fourth-order valence-electron chi connectivity index (χ4n) is 9.33. The van der Waals surface area contributed by atoms with Gasteiger partial charge in [-0.05, 0) is 36.4 Å². The van der Waals surface area contributed by atoms with Gasteiger partial charge in [-0.2, -0.15) is 0 Å². The predicted octanol–water partition coefficient (Wildman–Crippen LogP) is 6.61. The molecule has 0 atom stereocenters. The van der Waals surface area contributed by atoms with Gasteiger partial charge in [-0.15, -0.1) is 0 Å². The van der Waals surface area contributed by atoms with Crippen molar-refractivity contribution in [3.8, 4) is 34.0 Å². The third-order valence-electron chi connectivity index (χ3n) is 12.6. The summed E-state index contributed by atoms with van der Waals surface area (Å²) in [5.74, 6) is -0.251. The lowest BCUT2D eigenvalue weighted by molar-refractivity contribution is 0.0569. The van der Waals surface area contributed by atoms with Crippen molar-refractivity contribution in [1.29, 1.82) is 0 Å². The number of benzene rings is 4. The van der Waals surface area contributed by atoms with E-state index in [0.29, 0.717) is 95.1 Å². The average molecular weight is 825 g/mol. The summed E-state index contributed by atoms with van der Waals surface area (Å²) in [7, 11) is 3.20. The first-order valence-corrected chi connectivity index (χ1v) is 20.7. The number of aromatic nitrogens is 4. The van der Waals surface area contributed by atoms with Gasteiger partial charge >= 0.3 is 0 Å². The number of ether oxygens (including phenoxy) is 2. The van der Waals surface area contributed by atoms with E-state index in [4.69, 9.17) is 19.4 Å². The van der Waals surface area contributed by atoms with Crippen molar-refractivity contribution in [3.05, 3.63) is 120 Å². The summed E-state index contributed by atoms with van der Waals surface area (Å²) in [6, 6.07) is 30.6. The van der Waals surface area contributed by atoms with Crippen molar-refractivity contribution in [2.24, 2.45) is 0 Å². The van der Waals surface area contributed by atoms with Crippen LogP contribution in [-0.4, -0.2) is 130 Å². The molecule has 1 saturated heterocycles. The highest BCUT2D eigenvalue weighted by Crippen LogP contribution is 2.42. The molecule has 4 amide bonds. The Kier molecular flexibility index (Phi) is 8.87. The van der Waals surface area contributed by atoms with E-state index in [9.17, 15) is 19.2 Å². The van der Waals surface area contributed by atoms with E-state index < -0.39 is 11.8 Å². The monoisotopic (exact) mass is 824 g/mol. The molecule has 4 aromatic heterocycles. The predicted molar refractivity (Wildman–Crippen MR) is 235 cm³/mol. The van der Waals surface area contributed by atoms with Crippen LogP contribution in [0.2, 0.25) is 0 Å². The maximum absolute atomic E-state index is 14.2. The highest BCUT2D eigenvalue weighted by molar-refractivity contribution is 6.31. The highest BCUT2D eigenvalue weighted by Gasteiger charge is 2.42. The summed E-state index contributed by atoms with van der Waals surface area (Å²) in [5, 5.41) is 2.90. The van der Waals surface area contributed by atoms with Gasteiger partial charge in [0.15, 0.2) is 0 Å². The van der Waals surface area contributed by atoms with Crippen LogP contribution in [0.25, 0.3) is 66.1 Å². The van der Waals surface area contributed by atoms with Crippen LogP contribution in [0.5, 0.6) is 11.5 Å². The Labute approximate surface area is 354 Å². The summed E-state index contributed by atoms with van der Waals surface area (Å²) >= 11 is 0. The smallest absolute Gasteiger partial charge is 0.280 e. The van der Waals surface area contributed by atoms with Crippen molar-refractivity contribution >= 4 is 67.2 Å². The van der Waals surface area contributed by atoms with Crippen molar-refractivity contribution in [3.63, 3.8) is 0 Å². The summed E-state index contributed by atoms with van der Waals surface area (Å²) in [6.07, 6.45) is 0. The molecule has 3 aliphatic rings. The molecule has 0 radical (unpaired) electrons. The number of methoxy groups -OCH3 is 2. The SMILES string of the molecule is COc1ccc2[nH]c3c(-c4ccccc4)nc4c(c3c2c1)C(=O)N(CCN1CCN(CCN2C(=O)c3nc(-c5ccccc5)c5[nH]c6ccc(OC)cc6c5c3C2=O)CC1)C4=O.